The largest absolute Gasteiger partial charge is 0.478 e. The first-order chi connectivity index (χ1) is 9.91. The van der Waals surface area contributed by atoms with Crippen LogP contribution < -0.4 is 0 Å². The maximum atomic E-state index is 10.3. The highest BCUT2D eigenvalue weighted by Gasteiger charge is 1.91. The van der Waals surface area contributed by atoms with E-state index >= 15 is 0 Å². The lowest BCUT2D eigenvalue weighted by Gasteiger charge is -2.00. The summed E-state index contributed by atoms with van der Waals surface area (Å²) in [6.07, 6.45) is 17.2. The van der Waals surface area contributed by atoms with Gasteiger partial charge in [-0.15, -0.1) is 0 Å². The van der Waals surface area contributed by atoms with E-state index in [9.17, 15) is 4.79 Å². The number of carboxylic acid groups (broad SMARTS) is 1. The molecule has 0 amide bonds. The molecule has 0 radical (unpaired) electrons. The number of allylic oxidation sites excluding steroid dienone is 9. The van der Waals surface area contributed by atoms with Crippen molar-refractivity contribution in [1.82, 2.24) is 0 Å². The van der Waals surface area contributed by atoms with Gasteiger partial charge < -0.3 is 5.11 Å². The third kappa shape index (κ3) is 14.4. The monoisotopic (exact) mass is 288 g/mol. The lowest BCUT2D eigenvalue weighted by molar-refractivity contribution is -0.131. The molecule has 0 fully saturated rings. The summed E-state index contributed by atoms with van der Waals surface area (Å²) >= 11 is 0. The van der Waals surface area contributed by atoms with Gasteiger partial charge in [0.2, 0.25) is 0 Å². The fraction of sp³-hybridized carbons (Fsp3) is 0.421. The molecule has 0 atom stereocenters. The first-order valence-corrected chi connectivity index (χ1v) is 7.44. The molecule has 0 bridgehead atoms. The summed E-state index contributed by atoms with van der Waals surface area (Å²) in [6, 6.07) is 0. The number of rotatable bonds is 9. The Bertz CT molecular complexity index is 456. The van der Waals surface area contributed by atoms with Gasteiger partial charge in [-0.2, -0.15) is 0 Å². The van der Waals surface area contributed by atoms with Crippen molar-refractivity contribution in [3.8, 4) is 0 Å². The van der Waals surface area contributed by atoms with Crippen LogP contribution in [0, 0.1) is 0 Å². The lowest BCUT2D eigenvalue weighted by atomic mass is 10.1. The van der Waals surface area contributed by atoms with Gasteiger partial charge in [-0.3, -0.25) is 0 Å². The van der Waals surface area contributed by atoms with Gasteiger partial charge >= 0.3 is 5.97 Å². The average molecular weight is 288 g/mol. The molecule has 0 saturated carbocycles. The van der Waals surface area contributed by atoms with Crippen molar-refractivity contribution in [1.29, 1.82) is 0 Å². The molecule has 0 saturated heterocycles. The first-order valence-electron chi connectivity index (χ1n) is 7.44. The third-order valence-electron chi connectivity index (χ3n) is 2.96. The van der Waals surface area contributed by atoms with Crippen molar-refractivity contribution in [3.63, 3.8) is 0 Å². The topological polar surface area (TPSA) is 37.3 Å². The van der Waals surface area contributed by atoms with Gasteiger partial charge in [0.25, 0.3) is 0 Å². The van der Waals surface area contributed by atoms with Crippen LogP contribution in [0.15, 0.2) is 59.3 Å². The second-order valence-electron chi connectivity index (χ2n) is 5.50. The molecule has 116 valence electrons. The normalized spacial score (nSPS) is 13.1. The molecule has 0 aliphatic carbocycles. The second kappa shape index (κ2) is 12.0. The van der Waals surface area contributed by atoms with Gasteiger partial charge in [0.05, 0.1) is 0 Å². The van der Waals surface area contributed by atoms with Crippen LogP contribution in [-0.2, 0) is 4.79 Å². The maximum Gasteiger partial charge on any atom is 0.328 e. The number of hydrogen-bond donors (Lipinski definition) is 1. The molecule has 0 aromatic carbocycles. The van der Waals surface area contributed by atoms with Crippen molar-refractivity contribution >= 4 is 5.97 Å². The molecule has 2 heteroatoms. The van der Waals surface area contributed by atoms with E-state index in [0.717, 1.165) is 31.8 Å². The molecule has 0 unspecified atom stereocenters. The highest BCUT2D eigenvalue weighted by atomic mass is 16.4. The summed E-state index contributed by atoms with van der Waals surface area (Å²) < 4.78 is 0. The van der Waals surface area contributed by atoms with Gasteiger partial charge in [0, 0.05) is 6.08 Å². The molecule has 0 aliphatic rings. The highest BCUT2D eigenvalue weighted by Crippen LogP contribution is 2.11. The molecule has 2 nitrogen and oxygen atoms in total. The quantitative estimate of drug-likeness (QED) is 0.340. The molecule has 21 heavy (non-hydrogen) atoms. The molecule has 0 rings (SSSR count). The number of hydrogen-bond acceptors (Lipinski definition) is 1. The summed E-state index contributed by atoms with van der Waals surface area (Å²) in [5, 5.41) is 8.44. The van der Waals surface area contributed by atoms with E-state index < -0.39 is 5.97 Å². The molecular formula is C19H28O2. The smallest absolute Gasteiger partial charge is 0.328 e. The van der Waals surface area contributed by atoms with E-state index in [-0.39, 0.29) is 0 Å². The minimum absolute atomic E-state index is 0.922. The molecule has 0 aromatic heterocycles. The summed E-state index contributed by atoms with van der Waals surface area (Å²) in [7, 11) is 0. The van der Waals surface area contributed by atoms with Crippen LogP contribution in [0.25, 0.3) is 0 Å². The predicted molar refractivity (Wildman–Crippen MR) is 91.3 cm³/mol. The van der Waals surface area contributed by atoms with Crippen LogP contribution in [0.4, 0.5) is 0 Å². The van der Waals surface area contributed by atoms with E-state index in [0.29, 0.717) is 0 Å². The van der Waals surface area contributed by atoms with E-state index in [1.54, 1.807) is 6.08 Å². The van der Waals surface area contributed by atoms with Crippen LogP contribution in [0.3, 0.4) is 0 Å². The Morgan fingerprint density at radius 2 is 1.48 bits per heavy atom. The average Bonchev–Trinajstić information content (AvgIpc) is 2.37. The van der Waals surface area contributed by atoms with Crippen molar-refractivity contribution in [2.45, 2.75) is 53.4 Å². The van der Waals surface area contributed by atoms with Crippen molar-refractivity contribution in [2.75, 3.05) is 0 Å². The Balaban J connectivity index is 4.04. The van der Waals surface area contributed by atoms with E-state index in [1.165, 1.54) is 22.8 Å². The van der Waals surface area contributed by atoms with Gasteiger partial charge in [-0.25, -0.2) is 4.79 Å². The zero-order valence-corrected chi connectivity index (χ0v) is 13.7. The summed E-state index contributed by atoms with van der Waals surface area (Å²) in [6.45, 7) is 8.55. The second-order valence-corrected chi connectivity index (χ2v) is 5.50. The van der Waals surface area contributed by atoms with Gasteiger partial charge in [0.15, 0.2) is 0 Å². The summed E-state index contributed by atoms with van der Waals surface area (Å²) in [5.74, 6) is -0.922. The van der Waals surface area contributed by atoms with Crippen LogP contribution in [-0.4, -0.2) is 11.1 Å². The van der Waals surface area contributed by atoms with E-state index in [4.69, 9.17) is 5.11 Å². The third-order valence-corrected chi connectivity index (χ3v) is 2.96. The fourth-order valence-electron chi connectivity index (χ4n) is 1.74. The number of aliphatic carboxylic acids is 1. The maximum absolute atomic E-state index is 10.3. The molecule has 1 N–H and O–H groups in total. The minimum Gasteiger partial charge on any atom is -0.478 e. The van der Waals surface area contributed by atoms with Crippen molar-refractivity contribution in [3.05, 3.63) is 59.3 Å². The lowest BCUT2D eigenvalue weighted by Crippen LogP contribution is -1.84. The van der Waals surface area contributed by atoms with Crippen LogP contribution in [0.2, 0.25) is 0 Å². The first kappa shape index (κ1) is 19.2. The van der Waals surface area contributed by atoms with Crippen LogP contribution >= 0.6 is 0 Å². The van der Waals surface area contributed by atoms with Gasteiger partial charge in [0.1, 0.15) is 0 Å². The Hall–Kier alpha value is -1.83. The van der Waals surface area contributed by atoms with Gasteiger partial charge in [-0.05, 0) is 53.4 Å². The summed E-state index contributed by atoms with van der Waals surface area (Å²) in [4.78, 5) is 10.3. The zero-order chi connectivity index (χ0) is 16.1. The number of carbonyl (C=O) groups is 1. The van der Waals surface area contributed by atoms with E-state index in [1.807, 2.05) is 12.2 Å². The molecule has 0 heterocycles. The highest BCUT2D eigenvalue weighted by molar-refractivity contribution is 5.80. The fourth-order valence-corrected chi connectivity index (χ4v) is 1.74. The van der Waals surface area contributed by atoms with Crippen molar-refractivity contribution in [2.24, 2.45) is 0 Å². The van der Waals surface area contributed by atoms with Gasteiger partial charge in [-0.1, -0.05) is 53.2 Å². The zero-order valence-electron chi connectivity index (χ0n) is 13.7. The molecule has 0 aliphatic heterocycles. The predicted octanol–water partition coefficient (Wildman–Crippen LogP) is 5.60. The van der Waals surface area contributed by atoms with E-state index in [2.05, 4.69) is 39.8 Å². The van der Waals surface area contributed by atoms with Crippen LogP contribution in [0.1, 0.15) is 53.4 Å². The van der Waals surface area contributed by atoms with Crippen molar-refractivity contribution < 1.29 is 9.90 Å². The molecule has 0 aromatic rings. The Morgan fingerprint density at radius 3 is 2.10 bits per heavy atom. The SMILES string of the molecule is CC(C)=CCC/C(C)=C/CC/C(C)=C/C=C/C=C\C(=O)O. The Kier molecular flexibility index (Phi) is 10.9. The Labute approximate surface area is 129 Å². The Morgan fingerprint density at radius 1 is 0.857 bits per heavy atom. The molecule has 0 spiro atoms. The number of carboxylic acids is 1. The standard InChI is InChI=1S/C19H28O2/c1-16(2)10-8-12-18(4)14-9-13-17(3)11-6-5-7-15-19(20)21/h5-7,10-11,14-15H,8-9,12-13H2,1-4H3,(H,20,21)/b6-5+,15-7-,17-11+,18-14+. The molecular weight excluding hydrogens is 260 g/mol. The summed E-state index contributed by atoms with van der Waals surface area (Å²) in [5.41, 5.74) is 4.12. The van der Waals surface area contributed by atoms with Crippen LogP contribution in [0.5, 0.6) is 0 Å². The minimum atomic E-state index is -0.922.